The summed E-state index contributed by atoms with van der Waals surface area (Å²) in [6, 6.07) is 0. The molecule has 8 heavy (non-hydrogen) atoms. The molecule has 0 unspecified atom stereocenters. The van der Waals surface area contributed by atoms with Crippen LogP contribution < -0.4 is 19.3 Å². The molecule has 0 saturated heterocycles. The van der Waals surface area contributed by atoms with Crippen molar-refractivity contribution in [2.45, 2.75) is 0 Å². The zero-order chi connectivity index (χ0) is 6.50. The number of hydrogen-bond acceptors (Lipinski definition) is 5. The van der Waals surface area contributed by atoms with E-state index in [1.165, 1.54) is 0 Å². The van der Waals surface area contributed by atoms with Crippen LogP contribution in [0.2, 0.25) is 0 Å². The van der Waals surface area contributed by atoms with E-state index in [1.807, 2.05) is 0 Å². The van der Waals surface area contributed by atoms with Crippen molar-refractivity contribution in [3.05, 3.63) is 0 Å². The van der Waals surface area contributed by atoms with Crippen LogP contribution in [0.1, 0.15) is 0 Å². The number of hydrogen-bond donors (Lipinski definition) is 0. The van der Waals surface area contributed by atoms with Gasteiger partial charge in [-0.15, -0.1) is 0 Å². The fourth-order valence-electron chi connectivity index (χ4n) is 0. The summed E-state index contributed by atoms with van der Waals surface area (Å²) in [7, 11) is -5.39. The molecule has 0 aliphatic rings. The van der Waals surface area contributed by atoms with Crippen molar-refractivity contribution in [2.75, 3.05) is 0 Å². The second kappa shape index (κ2) is 8.36. The molecular formula is ClNaO5P-4. The third-order valence-electron chi connectivity index (χ3n) is 0. The van der Waals surface area contributed by atoms with Gasteiger partial charge in [0.25, 0.3) is 0 Å². The molecule has 0 spiro atoms. The largest absolute Gasteiger partial charge is 0.822 e. The quantitative estimate of drug-likeness (QED) is 0.274. The molecule has 0 N–H and O–H groups in total. The van der Waals surface area contributed by atoms with Gasteiger partial charge in [-0.3, -0.25) is 0 Å². The summed E-state index contributed by atoms with van der Waals surface area (Å²) < 4.78 is 16.3. The first-order chi connectivity index (χ1) is 3.00. The van der Waals surface area contributed by atoms with E-state index < -0.39 is 7.82 Å². The predicted octanol–water partition coefficient (Wildman–Crippen LogP) is -3.70. The monoisotopic (exact) mass is 169 g/mol. The third kappa shape index (κ3) is 161. The van der Waals surface area contributed by atoms with Gasteiger partial charge in [0.1, 0.15) is 0 Å². The maximum Gasteiger partial charge on any atom is 0 e. The number of rotatable bonds is 0. The molecule has 0 rings (SSSR count). The van der Waals surface area contributed by atoms with Crippen LogP contribution in [0.3, 0.4) is 0 Å². The smallest absolute Gasteiger partial charge is 0 e. The molecule has 0 fully saturated rings. The third-order valence-corrected chi connectivity index (χ3v) is 0. The van der Waals surface area contributed by atoms with Gasteiger partial charge in [0.2, 0.25) is 0 Å². The number of halogens is 1. The normalized spacial score (nSPS) is 8.12. The minimum absolute atomic E-state index is 0. The Hall–Kier alpha value is 1.36. The molecule has 0 aromatic rings. The van der Waals surface area contributed by atoms with Crippen LogP contribution in [0.5, 0.6) is 0 Å². The van der Waals surface area contributed by atoms with E-state index in [4.69, 9.17) is 23.9 Å². The Kier molecular flexibility index (Phi) is 16.9. The fourth-order valence-corrected chi connectivity index (χ4v) is 0. The van der Waals surface area contributed by atoms with Crippen molar-refractivity contribution in [1.82, 2.24) is 0 Å². The average Bonchev–Trinajstić information content (AvgIpc) is 1.36. The summed E-state index contributed by atoms with van der Waals surface area (Å²) in [5, 5.41) is 0. The van der Waals surface area contributed by atoms with Gasteiger partial charge in [-0.25, -0.2) is 11.9 Å². The summed E-state index contributed by atoms with van der Waals surface area (Å²) in [4.78, 5) is 25.6. The van der Waals surface area contributed by atoms with E-state index in [9.17, 15) is 0 Å². The van der Waals surface area contributed by atoms with Gasteiger partial charge in [0, 0.05) is 29.6 Å². The molecule has 0 atom stereocenters. The summed E-state index contributed by atoms with van der Waals surface area (Å²) in [6.45, 7) is 0. The minimum atomic E-state index is -5.39. The average molecular weight is 169 g/mol. The Labute approximate surface area is 73.0 Å². The van der Waals surface area contributed by atoms with Crippen LogP contribution in [-0.2, 0) is 4.57 Å². The molecule has 0 aliphatic carbocycles. The van der Waals surface area contributed by atoms with E-state index in [0.29, 0.717) is 0 Å². The maximum absolute atomic E-state index is 8.55. The van der Waals surface area contributed by atoms with Gasteiger partial charge in [-0.2, -0.15) is 7.82 Å². The summed E-state index contributed by atoms with van der Waals surface area (Å²) >= 11 is 3.39. The fraction of sp³-hybridized carbons (Fsp3) is 0. The van der Waals surface area contributed by atoms with Crippen LogP contribution in [0, 0.1) is 0 Å². The van der Waals surface area contributed by atoms with Crippen molar-refractivity contribution in [1.29, 1.82) is 0 Å². The first-order valence-electron chi connectivity index (χ1n) is 0.885. The van der Waals surface area contributed by atoms with Gasteiger partial charge in [-0.1, -0.05) is 0 Å². The van der Waals surface area contributed by atoms with Crippen molar-refractivity contribution in [3.63, 3.8) is 0 Å². The van der Waals surface area contributed by atoms with E-state index in [2.05, 4.69) is 11.9 Å². The molecule has 0 bridgehead atoms. The van der Waals surface area contributed by atoms with Crippen LogP contribution in [0.25, 0.3) is 0 Å². The predicted molar refractivity (Wildman–Crippen MR) is 19.2 cm³/mol. The van der Waals surface area contributed by atoms with Crippen molar-refractivity contribution < 1.29 is 23.9 Å². The standard InChI is InChI=1S/ClO.Na.H3O4P/c1-2;;1-5(2,3)4/h;;(H3,1,2,3,4)/q-1;;/p-3. The van der Waals surface area contributed by atoms with Gasteiger partial charge in [-0.05, 0) is 0 Å². The van der Waals surface area contributed by atoms with Crippen LogP contribution in [0.4, 0.5) is 0 Å². The Morgan fingerprint density at radius 1 is 1.12 bits per heavy atom. The molecule has 0 aliphatic heterocycles. The molecule has 8 heteroatoms. The summed E-state index contributed by atoms with van der Waals surface area (Å²) in [6.07, 6.45) is 0. The topological polar surface area (TPSA) is 109 Å². The van der Waals surface area contributed by atoms with E-state index >= 15 is 0 Å². The molecular weight excluding hydrogens is 169 g/mol. The van der Waals surface area contributed by atoms with Crippen LogP contribution in [-0.4, -0.2) is 29.6 Å². The van der Waals surface area contributed by atoms with Crippen molar-refractivity contribution in [2.24, 2.45) is 0 Å². The van der Waals surface area contributed by atoms with Crippen LogP contribution >= 0.6 is 19.7 Å². The molecule has 0 aromatic heterocycles. The zero-order valence-electron chi connectivity index (χ0n) is 3.87. The van der Waals surface area contributed by atoms with Crippen LogP contribution in [0.15, 0.2) is 0 Å². The van der Waals surface area contributed by atoms with E-state index in [-0.39, 0.29) is 29.6 Å². The van der Waals surface area contributed by atoms with E-state index in [1.54, 1.807) is 0 Å². The molecule has 0 heterocycles. The van der Waals surface area contributed by atoms with Crippen molar-refractivity contribution >= 4 is 49.2 Å². The second-order valence-corrected chi connectivity index (χ2v) is 1.34. The van der Waals surface area contributed by atoms with E-state index in [0.717, 1.165) is 0 Å². The molecule has 5 nitrogen and oxygen atoms in total. The Bertz CT molecular complexity index is 58.6. The van der Waals surface area contributed by atoms with Gasteiger partial charge in [0.15, 0.2) is 0 Å². The molecule has 0 saturated carbocycles. The Balaban J connectivity index is -0.0000000750. The first kappa shape index (κ1) is 16.2. The number of phosphoric acid groups is 1. The van der Waals surface area contributed by atoms with Gasteiger partial charge in [0.05, 0.1) is 0 Å². The zero-order valence-corrected chi connectivity index (χ0v) is 7.52. The first-order valence-corrected chi connectivity index (χ1v) is 2.65. The van der Waals surface area contributed by atoms with Crippen molar-refractivity contribution in [3.8, 4) is 0 Å². The molecule has 0 aromatic carbocycles. The molecule has 0 amide bonds. The molecule has 1 radical (unpaired) electrons. The maximum atomic E-state index is 8.55. The Morgan fingerprint density at radius 2 is 1.12 bits per heavy atom. The summed E-state index contributed by atoms with van der Waals surface area (Å²) in [5.74, 6) is 0. The van der Waals surface area contributed by atoms with Gasteiger partial charge < -0.3 is 23.9 Å². The molecule has 47 valence electrons. The minimum Gasteiger partial charge on any atom is -0.822 e. The Morgan fingerprint density at radius 3 is 1.12 bits per heavy atom. The SMILES string of the molecule is O=P([O-])([O-])[O-].[Na].[O-]Cl. The van der Waals surface area contributed by atoms with Gasteiger partial charge >= 0.3 is 0 Å². The second-order valence-electron chi connectivity index (χ2n) is 0.447. The summed E-state index contributed by atoms with van der Waals surface area (Å²) in [5.41, 5.74) is 0.